The first-order chi connectivity index (χ1) is 3.18. The molecule has 0 aromatic heterocycles. The fourth-order valence-electron chi connectivity index (χ4n) is 0.166. The first kappa shape index (κ1) is 6.41. The molecule has 0 rings (SSSR count). The van der Waals surface area contributed by atoms with Crippen molar-refractivity contribution in [2.75, 3.05) is 0 Å². The van der Waals surface area contributed by atoms with E-state index in [0.717, 1.165) is 0 Å². The molecule has 0 aliphatic carbocycles. The van der Waals surface area contributed by atoms with Crippen LogP contribution in [0.5, 0.6) is 0 Å². The number of carbonyl (C=O) groups is 1. The van der Waals surface area contributed by atoms with E-state index in [4.69, 9.17) is 0 Å². The Morgan fingerprint density at radius 2 is 2.29 bits per heavy atom. The lowest BCUT2D eigenvalue weighted by molar-refractivity contribution is -0.118. The second kappa shape index (κ2) is 2.56. The molecular formula is C6H9O. The molecular weight excluding hydrogens is 88.1 g/mol. The van der Waals surface area contributed by atoms with E-state index in [0.29, 0.717) is 0 Å². The van der Waals surface area contributed by atoms with Crippen molar-refractivity contribution in [2.45, 2.75) is 6.92 Å². The molecule has 1 heteroatoms. The quantitative estimate of drug-likeness (QED) is 0.473. The molecule has 7 heavy (non-hydrogen) atoms. The van der Waals surface area contributed by atoms with Crippen molar-refractivity contribution in [3.63, 3.8) is 0 Å². The number of ketones is 1. The minimum Gasteiger partial charge on any atom is -0.299 e. The van der Waals surface area contributed by atoms with Gasteiger partial charge in [0.1, 0.15) is 5.78 Å². The first-order valence-electron chi connectivity index (χ1n) is 2.14. The predicted molar refractivity (Wildman–Crippen MR) is 29.7 cm³/mol. The first-order valence-corrected chi connectivity index (χ1v) is 2.14. The molecule has 0 aromatic rings. The Kier molecular flexibility index (Phi) is 2.34. The van der Waals surface area contributed by atoms with Crippen LogP contribution in [0.25, 0.3) is 0 Å². The summed E-state index contributed by atoms with van der Waals surface area (Å²) in [5.74, 6) is -0.157. The molecule has 0 N–H and O–H groups in total. The lowest BCUT2D eigenvalue weighted by atomic mass is 10.1. The number of Topliss-reactive ketones (excluding diaryl/α,β-unsaturated/α-hetero) is 1. The molecule has 0 saturated heterocycles. The highest BCUT2D eigenvalue weighted by molar-refractivity contribution is 5.80. The van der Waals surface area contributed by atoms with Gasteiger partial charge in [0.2, 0.25) is 0 Å². The fraction of sp³-hybridized carbons (Fsp3) is 0.333. The van der Waals surface area contributed by atoms with Crippen LogP contribution in [-0.4, -0.2) is 5.78 Å². The van der Waals surface area contributed by atoms with Crippen LogP contribution in [-0.2, 0) is 4.79 Å². The summed E-state index contributed by atoms with van der Waals surface area (Å²) in [7, 11) is 0. The maximum absolute atomic E-state index is 10.2. The van der Waals surface area contributed by atoms with Crippen LogP contribution in [0.15, 0.2) is 12.7 Å². The molecule has 39 valence electrons. The second-order valence-corrected chi connectivity index (χ2v) is 1.45. The molecule has 1 unspecified atom stereocenters. The normalized spacial score (nSPS) is 12.9. The van der Waals surface area contributed by atoms with Gasteiger partial charge in [-0.15, -0.1) is 6.58 Å². The summed E-state index contributed by atoms with van der Waals surface area (Å²) in [6.45, 7) is 8.39. The number of carbonyl (C=O) groups excluding carboxylic acids is 1. The number of hydrogen-bond acceptors (Lipinski definition) is 1. The molecule has 1 radical (unpaired) electrons. The van der Waals surface area contributed by atoms with Gasteiger partial charge in [-0.2, -0.15) is 0 Å². The van der Waals surface area contributed by atoms with Crippen LogP contribution in [0.2, 0.25) is 0 Å². The summed E-state index contributed by atoms with van der Waals surface area (Å²) in [4.78, 5) is 10.2. The van der Waals surface area contributed by atoms with E-state index in [1.165, 1.54) is 13.0 Å². The maximum atomic E-state index is 10.2. The van der Waals surface area contributed by atoms with Gasteiger partial charge < -0.3 is 0 Å². The molecule has 1 nitrogen and oxygen atoms in total. The van der Waals surface area contributed by atoms with Gasteiger partial charge in [0.15, 0.2) is 0 Å². The average molecular weight is 97.1 g/mol. The molecule has 0 aromatic carbocycles. The van der Waals surface area contributed by atoms with E-state index < -0.39 is 0 Å². The smallest absolute Gasteiger partial charge is 0.136 e. The minimum absolute atomic E-state index is 0.0648. The predicted octanol–water partition coefficient (Wildman–Crippen LogP) is 1.21. The topological polar surface area (TPSA) is 17.1 Å². The van der Waals surface area contributed by atoms with Crippen LogP contribution < -0.4 is 0 Å². The van der Waals surface area contributed by atoms with Crippen LogP contribution in [0.4, 0.5) is 0 Å². The minimum atomic E-state index is -0.222. The Hall–Kier alpha value is -0.590. The van der Waals surface area contributed by atoms with Crippen LogP contribution in [0.1, 0.15) is 6.92 Å². The third-order valence-electron chi connectivity index (χ3n) is 0.807. The molecule has 0 heterocycles. The van der Waals surface area contributed by atoms with E-state index >= 15 is 0 Å². The number of rotatable bonds is 2. The summed E-state index contributed by atoms with van der Waals surface area (Å²) in [5.41, 5.74) is 0. The van der Waals surface area contributed by atoms with E-state index in [-0.39, 0.29) is 11.7 Å². The molecule has 0 aliphatic rings. The van der Waals surface area contributed by atoms with Crippen molar-refractivity contribution in [2.24, 2.45) is 5.92 Å². The Morgan fingerprint density at radius 3 is 2.29 bits per heavy atom. The Balaban J connectivity index is 3.55. The molecule has 0 saturated carbocycles. The third kappa shape index (κ3) is 2.15. The Bertz CT molecular complexity index is 84.2. The van der Waals surface area contributed by atoms with Gasteiger partial charge >= 0.3 is 0 Å². The van der Waals surface area contributed by atoms with Crippen molar-refractivity contribution >= 4 is 5.78 Å². The van der Waals surface area contributed by atoms with Gasteiger partial charge in [-0.3, -0.25) is 4.79 Å². The SMILES string of the molecule is [CH2]C(C=C)C(C)=O. The van der Waals surface area contributed by atoms with Gasteiger partial charge in [-0.1, -0.05) is 6.08 Å². The van der Waals surface area contributed by atoms with Gasteiger partial charge in [0, 0.05) is 5.92 Å². The van der Waals surface area contributed by atoms with Gasteiger partial charge in [-0.05, 0) is 13.8 Å². The van der Waals surface area contributed by atoms with E-state index in [9.17, 15) is 4.79 Å². The zero-order valence-electron chi connectivity index (χ0n) is 4.48. The molecule has 0 bridgehead atoms. The van der Waals surface area contributed by atoms with Crippen LogP contribution in [0.3, 0.4) is 0 Å². The van der Waals surface area contributed by atoms with E-state index in [1.807, 2.05) is 0 Å². The Morgan fingerprint density at radius 1 is 1.86 bits per heavy atom. The van der Waals surface area contributed by atoms with Crippen LogP contribution >= 0.6 is 0 Å². The number of allylic oxidation sites excluding steroid dienone is 1. The monoisotopic (exact) mass is 97.1 g/mol. The number of hydrogen-bond donors (Lipinski definition) is 0. The summed E-state index contributed by atoms with van der Waals surface area (Å²) in [5, 5.41) is 0. The summed E-state index contributed by atoms with van der Waals surface area (Å²) in [6.07, 6.45) is 1.53. The van der Waals surface area contributed by atoms with Crippen LogP contribution in [0, 0.1) is 12.8 Å². The average Bonchev–Trinajstić information content (AvgIpc) is 1.65. The Labute approximate surface area is 44.0 Å². The van der Waals surface area contributed by atoms with Crippen molar-refractivity contribution in [3.8, 4) is 0 Å². The highest BCUT2D eigenvalue weighted by Gasteiger charge is 1.98. The molecule has 0 fully saturated rings. The van der Waals surface area contributed by atoms with E-state index in [1.54, 1.807) is 0 Å². The molecule has 0 aliphatic heterocycles. The van der Waals surface area contributed by atoms with Crippen molar-refractivity contribution < 1.29 is 4.79 Å². The highest BCUT2D eigenvalue weighted by atomic mass is 16.1. The standard InChI is InChI=1S/C6H9O/c1-4-5(2)6(3)7/h4-5H,1-2H2,3H3. The zero-order chi connectivity index (χ0) is 5.86. The second-order valence-electron chi connectivity index (χ2n) is 1.45. The molecule has 1 atom stereocenters. The van der Waals surface area contributed by atoms with Gasteiger partial charge in [0.25, 0.3) is 0 Å². The third-order valence-corrected chi connectivity index (χ3v) is 0.807. The van der Waals surface area contributed by atoms with Gasteiger partial charge in [-0.25, -0.2) is 0 Å². The summed E-state index contributed by atoms with van der Waals surface area (Å²) >= 11 is 0. The maximum Gasteiger partial charge on any atom is 0.136 e. The summed E-state index contributed by atoms with van der Waals surface area (Å²) < 4.78 is 0. The lowest BCUT2D eigenvalue weighted by Crippen LogP contribution is -2.00. The summed E-state index contributed by atoms with van der Waals surface area (Å²) in [6, 6.07) is 0. The largest absolute Gasteiger partial charge is 0.299 e. The highest BCUT2D eigenvalue weighted by Crippen LogP contribution is 1.93. The fourth-order valence-corrected chi connectivity index (χ4v) is 0.166. The zero-order valence-corrected chi connectivity index (χ0v) is 4.48. The van der Waals surface area contributed by atoms with Crippen molar-refractivity contribution in [1.82, 2.24) is 0 Å². The molecule has 0 amide bonds. The van der Waals surface area contributed by atoms with Gasteiger partial charge in [0.05, 0.1) is 0 Å². The lowest BCUT2D eigenvalue weighted by Gasteiger charge is -1.93. The molecule has 0 spiro atoms. The van der Waals surface area contributed by atoms with Crippen molar-refractivity contribution in [3.05, 3.63) is 19.6 Å². The van der Waals surface area contributed by atoms with Crippen molar-refractivity contribution in [1.29, 1.82) is 0 Å². The van der Waals surface area contributed by atoms with E-state index in [2.05, 4.69) is 13.5 Å².